The number of carbonyl (C=O) groups is 2. The van der Waals surface area contributed by atoms with Gasteiger partial charge in [0.25, 0.3) is 11.8 Å². The Labute approximate surface area is 170 Å². The highest BCUT2D eigenvalue weighted by Gasteiger charge is 2.36. The lowest BCUT2D eigenvalue weighted by molar-refractivity contribution is -0.113. The molecule has 29 heavy (non-hydrogen) atoms. The summed E-state index contributed by atoms with van der Waals surface area (Å²) in [4.78, 5) is 29.9. The monoisotopic (exact) mass is 392 g/mol. The Morgan fingerprint density at radius 3 is 2.17 bits per heavy atom. The van der Waals surface area contributed by atoms with Gasteiger partial charge < -0.3 is 14.4 Å². The summed E-state index contributed by atoms with van der Waals surface area (Å²) in [5.41, 5.74) is 2.21. The first-order chi connectivity index (χ1) is 14.0. The Morgan fingerprint density at radius 2 is 1.55 bits per heavy atom. The Balaban J connectivity index is 1.77. The van der Waals surface area contributed by atoms with Crippen molar-refractivity contribution >= 4 is 23.1 Å². The van der Waals surface area contributed by atoms with E-state index in [1.807, 2.05) is 38.2 Å². The van der Waals surface area contributed by atoms with Crippen LogP contribution in [0.4, 0.5) is 5.69 Å². The molecule has 2 heterocycles. The average molecular weight is 392 g/mol. The fourth-order valence-corrected chi connectivity index (χ4v) is 3.95. The summed E-state index contributed by atoms with van der Waals surface area (Å²) in [6, 6.07) is 14.2. The van der Waals surface area contributed by atoms with Gasteiger partial charge in [0.2, 0.25) is 0 Å². The molecule has 0 aromatic heterocycles. The number of hydrogen-bond donors (Lipinski definition) is 0. The first kappa shape index (κ1) is 19.2. The molecule has 2 aromatic rings. The van der Waals surface area contributed by atoms with Crippen LogP contribution in [0.3, 0.4) is 0 Å². The van der Waals surface area contributed by atoms with Crippen molar-refractivity contribution in [2.45, 2.75) is 26.1 Å². The highest BCUT2D eigenvalue weighted by molar-refractivity contribution is 6.41. The Hall–Kier alpha value is -3.12. The van der Waals surface area contributed by atoms with Gasteiger partial charge in [-0.2, -0.15) is 0 Å². The summed E-state index contributed by atoms with van der Waals surface area (Å²) in [6.07, 6.45) is 2.02. The van der Waals surface area contributed by atoms with Crippen LogP contribution in [-0.4, -0.2) is 49.1 Å². The molecule has 1 fully saturated rings. The van der Waals surface area contributed by atoms with Crippen LogP contribution >= 0.6 is 0 Å². The van der Waals surface area contributed by atoms with Crippen molar-refractivity contribution in [3.8, 4) is 5.75 Å². The Bertz CT molecular complexity index is 957. The van der Waals surface area contributed by atoms with Gasteiger partial charge in [-0.15, -0.1) is 0 Å². The van der Waals surface area contributed by atoms with Gasteiger partial charge >= 0.3 is 0 Å². The van der Waals surface area contributed by atoms with Crippen LogP contribution < -0.4 is 9.64 Å². The minimum absolute atomic E-state index is 0.0730. The number of amides is 2. The third kappa shape index (κ3) is 3.63. The van der Waals surface area contributed by atoms with Gasteiger partial charge in [0.15, 0.2) is 0 Å². The maximum atomic E-state index is 13.4. The van der Waals surface area contributed by atoms with E-state index in [0.717, 1.165) is 0 Å². The molecule has 2 aliphatic heterocycles. The summed E-state index contributed by atoms with van der Waals surface area (Å²) in [5.74, 6) is 0.0143. The SMILES string of the molecule is COc1ccc(N2C(=O)C(=CN3C[C@@H](C)O[C@@H](C)C3)c3ccccc3C2=O)cc1. The standard InChI is InChI=1S/C23H24N2O4/c1-15-12-24(13-16(2)29-15)14-21-19-6-4-5-7-20(19)22(26)25(23(21)27)17-8-10-18(28-3)11-9-17/h4-11,14-16H,12-13H2,1-3H3/t15-,16+. The summed E-state index contributed by atoms with van der Waals surface area (Å²) < 4.78 is 11.0. The van der Waals surface area contributed by atoms with E-state index >= 15 is 0 Å². The molecule has 0 aliphatic carbocycles. The normalized spacial score (nSPS) is 23.3. The molecule has 0 N–H and O–H groups in total. The quantitative estimate of drug-likeness (QED) is 0.592. The van der Waals surface area contributed by atoms with Crippen LogP contribution in [0.1, 0.15) is 29.8 Å². The van der Waals surface area contributed by atoms with Crippen molar-refractivity contribution in [1.29, 1.82) is 0 Å². The second kappa shape index (κ2) is 7.72. The van der Waals surface area contributed by atoms with E-state index in [9.17, 15) is 9.59 Å². The maximum absolute atomic E-state index is 13.4. The van der Waals surface area contributed by atoms with E-state index in [4.69, 9.17) is 9.47 Å². The van der Waals surface area contributed by atoms with Crippen molar-refractivity contribution < 1.29 is 19.1 Å². The van der Waals surface area contributed by atoms with E-state index in [1.54, 1.807) is 37.4 Å². The molecule has 6 heteroatoms. The average Bonchev–Trinajstić information content (AvgIpc) is 2.71. The number of ether oxygens (including phenoxy) is 2. The number of methoxy groups -OCH3 is 1. The lowest BCUT2D eigenvalue weighted by atomic mass is 9.93. The number of fused-ring (bicyclic) bond motifs is 1. The van der Waals surface area contributed by atoms with Crippen LogP contribution in [0.2, 0.25) is 0 Å². The minimum atomic E-state index is -0.328. The molecule has 2 atom stereocenters. The van der Waals surface area contributed by atoms with Crippen molar-refractivity contribution in [1.82, 2.24) is 4.90 Å². The third-order valence-electron chi connectivity index (χ3n) is 5.17. The molecule has 2 aliphatic rings. The molecule has 2 amide bonds. The van der Waals surface area contributed by atoms with Gasteiger partial charge in [-0.05, 0) is 44.2 Å². The topological polar surface area (TPSA) is 59.1 Å². The molecule has 4 rings (SSSR count). The van der Waals surface area contributed by atoms with Gasteiger partial charge in [-0.3, -0.25) is 9.59 Å². The van der Waals surface area contributed by atoms with Crippen LogP contribution in [-0.2, 0) is 9.53 Å². The fraction of sp³-hybridized carbons (Fsp3) is 0.304. The highest BCUT2D eigenvalue weighted by atomic mass is 16.5. The number of imide groups is 1. The second-order valence-electron chi connectivity index (χ2n) is 7.44. The second-order valence-corrected chi connectivity index (χ2v) is 7.44. The largest absolute Gasteiger partial charge is 0.497 e. The molecule has 0 saturated carbocycles. The number of rotatable bonds is 3. The van der Waals surface area contributed by atoms with Crippen molar-refractivity contribution in [2.75, 3.05) is 25.1 Å². The Kier molecular flexibility index (Phi) is 5.11. The summed E-state index contributed by atoms with van der Waals surface area (Å²) >= 11 is 0. The molecule has 0 unspecified atom stereocenters. The predicted octanol–water partition coefficient (Wildman–Crippen LogP) is 3.33. The Morgan fingerprint density at radius 1 is 0.931 bits per heavy atom. The van der Waals surface area contributed by atoms with Gasteiger partial charge in [-0.1, -0.05) is 18.2 Å². The lowest BCUT2D eigenvalue weighted by Crippen LogP contribution is -2.45. The van der Waals surface area contributed by atoms with E-state index < -0.39 is 0 Å². The molecular weight excluding hydrogens is 368 g/mol. The number of benzene rings is 2. The molecule has 0 radical (unpaired) electrons. The van der Waals surface area contributed by atoms with Crippen LogP contribution in [0.15, 0.2) is 54.7 Å². The fourth-order valence-electron chi connectivity index (χ4n) is 3.95. The highest BCUT2D eigenvalue weighted by Crippen LogP contribution is 2.33. The number of morpholine rings is 1. The van der Waals surface area contributed by atoms with Crippen LogP contribution in [0.5, 0.6) is 5.75 Å². The molecule has 0 bridgehead atoms. The maximum Gasteiger partial charge on any atom is 0.267 e. The molecule has 1 saturated heterocycles. The van der Waals surface area contributed by atoms with Crippen LogP contribution in [0.25, 0.3) is 5.57 Å². The molecule has 150 valence electrons. The van der Waals surface area contributed by atoms with Crippen molar-refractivity contribution in [2.24, 2.45) is 0 Å². The van der Waals surface area contributed by atoms with Gasteiger partial charge in [0.05, 0.1) is 30.6 Å². The first-order valence-corrected chi connectivity index (χ1v) is 9.71. The van der Waals surface area contributed by atoms with Crippen molar-refractivity contribution in [3.63, 3.8) is 0 Å². The zero-order valence-electron chi connectivity index (χ0n) is 16.8. The number of anilines is 1. The van der Waals surface area contributed by atoms with Crippen molar-refractivity contribution in [3.05, 3.63) is 65.9 Å². The summed E-state index contributed by atoms with van der Waals surface area (Å²) in [7, 11) is 1.58. The van der Waals surface area contributed by atoms with E-state index in [2.05, 4.69) is 4.90 Å². The minimum Gasteiger partial charge on any atom is -0.497 e. The molecule has 6 nitrogen and oxygen atoms in total. The third-order valence-corrected chi connectivity index (χ3v) is 5.17. The smallest absolute Gasteiger partial charge is 0.267 e. The summed E-state index contributed by atoms with van der Waals surface area (Å²) in [5, 5.41) is 0. The van der Waals surface area contributed by atoms with Gasteiger partial charge in [-0.25, -0.2) is 4.90 Å². The molecule has 0 spiro atoms. The van der Waals surface area contributed by atoms with Gasteiger partial charge in [0.1, 0.15) is 5.75 Å². The van der Waals surface area contributed by atoms with E-state index in [-0.39, 0.29) is 24.0 Å². The predicted molar refractivity (Wildman–Crippen MR) is 111 cm³/mol. The number of hydrogen-bond acceptors (Lipinski definition) is 5. The van der Waals surface area contributed by atoms with E-state index in [1.165, 1.54) is 4.90 Å². The molecular formula is C23H24N2O4. The number of carbonyl (C=O) groups excluding carboxylic acids is 2. The van der Waals surface area contributed by atoms with Crippen LogP contribution in [0, 0.1) is 0 Å². The van der Waals surface area contributed by atoms with E-state index in [0.29, 0.717) is 41.2 Å². The number of nitrogens with zero attached hydrogens (tertiary/aromatic N) is 2. The zero-order chi connectivity index (χ0) is 20.5. The van der Waals surface area contributed by atoms with Gasteiger partial charge in [0, 0.05) is 30.4 Å². The zero-order valence-corrected chi connectivity index (χ0v) is 16.8. The lowest BCUT2D eigenvalue weighted by Gasteiger charge is -2.36. The molecule has 2 aromatic carbocycles. The first-order valence-electron chi connectivity index (χ1n) is 9.71. The summed E-state index contributed by atoms with van der Waals surface area (Å²) in [6.45, 7) is 5.43.